The minimum absolute atomic E-state index is 0.0123. The van der Waals surface area contributed by atoms with Crippen molar-refractivity contribution >= 4 is 21.9 Å². The third-order valence-electron chi connectivity index (χ3n) is 5.41. The lowest BCUT2D eigenvalue weighted by Crippen LogP contribution is -2.45. The summed E-state index contributed by atoms with van der Waals surface area (Å²) in [6.07, 6.45) is 0.0993. The van der Waals surface area contributed by atoms with Gasteiger partial charge in [0.25, 0.3) is 0 Å². The maximum atomic E-state index is 12.8. The average Bonchev–Trinajstić information content (AvgIpc) is 3.07. The molecule has 1 aliphatic rings. The lowest BCUT2D eigenvalue weighted by molar-refractivity contribution is -0.0695. The highest BCUT2D eigenvalue weighted by Crippen LogP contribution is 2.43. The molecule has 0 fully saturated rings. The summed E-state index contributed by atoms with van der Waals surface area (Å²) in [5.74, 6) is -0.150. The van der Waals surface area contributed by atoms with Gasteiger partial charge in [-0.2, -0.15) is 0 Å². The summed E-state index contributed by atoms with van der Waals surface area (Å²) in [6, 6.07) is 5.80. The number of hydrogen-bond donors (Lipinski definition) is 4. The molecule has 142 valence electrons. The van der Waals surface area contributed by atoms with E-state index in [4.69, 9.17) is 9.15 Å². The Hall–Kier alpha value is -2.77. The highest BCUT2D eigenvalue weighted by atomic mass is 16.5. The first-order valence-corrected chi connectivity index (χ1v) is 8.83. The Balaban J connectivity index is 1.95. The normalized spacial score (nSPS) is 18.4. The molecule has 4 rings (SSSR count). The van der Waals surface area contributed by atoms with Crippen LogP contribution in [0.5, 0.6) is 17.2 Å². The SMILES string of the molecule is CC[C@](O)(CCO)[C@H]1Cc2c(cc(O)c3c(=O)c4cccc(O)c4oc23)O1. The van der Waals surface area contributed by atoms with Gasteiger partial charge in [-0.05, 0) is 18.6 Å². The van der Waals surface area contributed by atoms with Gasteiger partial charge in [0.2, 0.25) is 5.43 Å². The van der Waals surface area contributed by atoms with Crippen LogP contribution in [0.25, 0.3) is 21.9 Å². The van der Waals surface area contributed by atoms with Gasteiger partial charge < -0.3 is 29.6 Å². The van der Waals surface area contributed by atoms with Crippen molar-refractivity contribution in [2.45, 2.75) is 37.9 Å². The Labute approximate surface area is 154 Å². The molecule has 2 heterocycles. The van der Waals surface area contributed by atoms with E-state index in [1.165, 1.54) is 24.3 Å². The van der Waals surface area contributed by atoms with Crippen molar-refractivity contribution in [2.75, 3.05) is 6.61 Å². The molecule has 0 amide bonds. The number of aromatic hydroxyl groups is 2. The molecule has 2 aromatic carbocycles. The molecule has 0 saturated carbocycles. The van der Waals surface area contributed by atoms with E-state index in [1.54, 1.807) is 6.92 Å². The number of fused-ring (bicyclic) bond motifs is 4. The Morgan fingerprint density at radius 2 is 2.00 bits per heavy atom. The minimum Gasteiger partial charge on any atom is -0.507 e. The molecule has 7 heteroatoms. The predicted molar refractivity (Wildman–Crippen MR) is 98.4 cm³/mol. The third kappa shape index (κ3) is 2.54. The fourth-order valence-electron chi connectivity index (χ4n) is 3.78. The zero-order valence-corrected chi connectivity index (χ0v) is 14.7. The predicted octanol–water partition coefficient (Wildman–Crippen LogP) is 2.18. The largest absolute Gasteiger partial charge is 0.507 e. The van der Waals surface area contributed by atoms with Crippen molar-refractivity contribution in [1.29, 1.82) is 0 Å². The molecule has 1 aliphatic heterocycles. The Bertz CT molecular complexity index is 1100. The van der Waals surface area contributed by atoms with Crippen LogP contribution in [0.15, 0.2) is 33.5 Å². The van der Waals surface area contributed by atoms with Gasteiger partial charge in [0.05, 0.1) is 5.39 Å². The van der Waals surface area contributed by atoms with Gasteiger partial charge in [0.1, 0.15) is 34.2 Å². The molecular formula is C20H20O7. The topological polar surface area (TPSA) is 120 Å². The molecular weight excluding hydrogens is 352 g/mol. The Morgan fingerprint density at radius 3 is 2.70 bits per heavy atom. The lowest BCUT2D eigenvalue weighted by Gasteiger charge is -2.31. The maximum absolute atomic E-state index is 12.8. The fourth-order valence-corrected chi connectivity index (χ4v) is 3.78. The first-order chi connectivity index (χ1) is 12.9. The first-order valence-electron chi connectivity index (χ1n) is 8.83. The molecule has 3 aromatic rings. The quantitative estimate of drug-likeness (QED) is 0.518. The van der Waals surface area contributed by atoms with Crippen molar-refractivity contribution < 1.29 is 29.6 Å². The van der Waals surface area contributed by atoms with Crippen LogP contribution in [-0.2, 0) is 6.42 Å². The smallest absolute Gasteiger partial charge is 0.204 e. The number of rotatable bonds is 4. The zero-order valence-electron chi connectivity index (χ0n) is 14.7. The summed E-state index contributed by atoms with van der Waals surface area (Å²) in [5, 5.41) is 40.7. The van der Waals surface area contributed by atoms with Crippen LogP contribution in [0, 0.1) is 0 Å². The van der Waals surface area contributed by atoms with Crippen molar-refractivity contribution in [3.8, 4) is 17.2 Å². The van der Waals surface area contributed by atoms with Crippen LogP contribution in [0.3, 0.4) is 0 Å². The van der Waals surface area contributed by atoms with E-state index in [9.17, 15) is 25.2 Å². The van der Waals surface area contributed by atoms with Crippen LogP contribution in [-0.4, -0.2) is 38.7 Å². The summed E-state index contributed by atoms with van der Waals surface area (Å²) >= 11 is 0. The summed E-state index contributed by atoms with van der Waals surface area (Å²) in [6.45, 7) is 1.60. The van der Waals surface area contributed by atoms with Gasteiger partial charge in [0, 0.05) is 31.1 Å². The molecule has 27 heavy (non-hydrogen) atoms. The van der Waals surface area contributed by atoms with E-state index >= 15 is 0 Å². The van der Waals surface area contributed by atoms with Gasteiger partial charge >= 0.3 is 0 Å². The lowest BCUT2D eigenvalue weighted by atomic mass is 9.87. The van der Waals surface area contributed by atoms with Gasteiger partial charge in [-0.25, -0.2) is 0 Å². The van der Waals surface area contributed by atoms with Crippen molar-refractivity contribution in [2.24, 2.45) is 0 Å². The highest BCUT2D eigenvalue weighted by molar-refractivity contribution is 5.97. The molecule has 0 bridgehead atoms. The van der Waals surface area contributed by atoms with Crippen molar-refractivity contribution in [1.82, 2.24) is 0 Å². The summed E-state index contributed by atoms with van der Waals surface area (Å²) in [5.41, 5.74) is -0.997. The minimum atomic E-state index is -1.25. The highest BCUT2D eigenvalue weighted by Gasteiger charge is 2.42. The Kier molecular flexibility index (Phi) is 4.01. The number of ether oxygens (including phenoxy) is 1. The second kappa shape index (κ2) is 6.14. The van der Waals surface area contributed by atoms with Gasteiger partial charge in [0.15, 0.2) is 11.3 Å². The number of phenols is 2. The second-order valence-corrected chi connectivity index (χ2v) is 6.90. The van der Waals surface area contributed by atoms with Gasteiger partial charge in [-0.15, -0.1) is 0 Å². The van der Waals surface area contributed by atoms with Crippen LogP contribution < -0.4 is 10.2 Å². The first kappa shape index (κ1) is 17.6. The maximum Gasteiger partial charge on any atom is 0.204 e. The van der Waals surface area contributed by atoms with E-state index in [1.807, 2.05) is 0 Å². The van der Waals surface area contributed by atoms with Crippen LogP contribution in [0.2, 0.25) is 0 Å². The van der Waals surface area contributed by atoms with E-state index in [-0.39, 0.29) is 52.9 Å². The molecule has 0 radical (unpaired) electrons. The number of hydrogen-bond acceptors (Lipinski definition) is 7. The Morgan fingerprint density at radius 1 is 1.22 bits per heavy atom. The molecule has 1 aromatic heterocycles. The van der Waals surface area contributed by atoms with Gasteiger partial charge in [-0.1, -0.05) is 13.0 Å². The number of aliphatic hydroxyl groups is 2. The van der Waals surface area contributed by atoms with Crippen molar-refractivity contribution in [3.05, 3.63) is 40.1 Å². The van der Waals surface area contributed by atoms with E-state index < -0.39 is 17.1 Å². The van der Waals surface area contributed by atoms with E-state index in [2.05, 4.69) is 0 Å². The second-order valence-electron chi connectivity index (χ2n) is 6.90. The third-order valence-corrected chi connectivity index (χ3v) is 5.41. The number of phenolic OH excluding ortho intramolecular Hbond substituents is 2. The summed E-state index contributed by atoms with van der Waals surface area (Å²) in [4.78, 5) is 12.8. The molecule has 0 saturated heterocycles. The average molecular weight is 372 g/mol. The number of benzene rings is 2. The molecule has 2 atom stereocenters. The molecule has 4 N–H and O–H groups in total. The van der Waals surface area contributed by atoms with E-state index in [0.717, 1.165) is 0 Å². The molecule has 7 nitrogen and oxygen atoms in total. The van der Waals surface area contributed by atoms with Gasteiger partial charge in [-0.3, -0.25) is 4.79 Å². The zero-order chi connectivity index (χ0) is 19.3. The standard InChI is InChI=1S/C20H20O7/c1-2-20(25,6-7-21)15-8-11-14(26-15)9-13(23)16-17(24)10-4-3-5-12(22)18(10)27-19(11)16/h3-5,9,15,21-23,25H,2,6-8H2,1H3/t15-,20+/m1/s1. The molecule has 0 unspecified atom stereocenters. The van der Waals surface area contributed by atoms with Crippen LogP contribution in [0.1, 0.15) is 25.3 Å². The van der Waals surface area contributed by atoms with E-state index in [0.29, 0.717) is 17.7 Å². The van der Waals surface area contributed by atoms with Crippen molar-refractivity contribution in [3.63, 3.8) is 0 Å². The molecule has 0 spiro atoms. The fraction of sp³-hybridized carbons (Fsp3) is 0.350. The van der Waals surface area contributed by atoms with Crippen LogP contribution in [0.4, 0.5) is 0 Å². The number of aliphatic hydroxyl groups excluding tert-OH is 1. The molecule has 0 aliphatic carbocycles. The van der Waals surface area contributed by atoms with Crippen LogP contribution >= 0.6 is 0 Å². The summed E-state index contributed by atoms with van der Waals surface area (Å²) in [7, 11) is 0. The number of para-hydroxylation sites is 1. The summed E-state index contributed by atoms with van der Waals surface area (Å²) < 4.78 is 11.7. The monoisotopic (exact) mass is 372 g/mol.